The number of ether oxygens (including phenoxy) is 3. The fraction of sp³-hybridized carbons (Fsp3) is 0.867. The molecule has 0 aromatic carbocycles. The second kappa shape index (κ2) is 4.53. The van der Waals surface area contributed by atoms with Gasteiger partial charge in [-0.2, -0.15) is 0 Å². The average Bonchev–Trinajstić information content (AvgIpc) is 2.86. The highest BCUT2D eigenvalue weighted by atomic mass is 16.7. The summed E-state index contributed by atoms with van der Waals surface area (Å²) in [6.45, 7) is 5.53. The van der Waals surface area contributed by atoms with Crippen LogP contribution in [0, 0.1) is 23.2 Å². The van der Waals surface area contributed by atoms with Gasteiger partial charge in [-0.3, -0.25) is 9.59 Å². The van der Waals surface area contributed by atoms with Crippen LogP contribution in [0.4, 0.5) is 0 Å². The number of ketones is 1. The first-order valence-electron chi connectivity index (χ1n) is 7.24. The van der Waals surface area contributed by atoms with Crippen LogP contribution in [0.15, 0.2) is 0 Å². The molecule has 1 aliphatic heterocycles. The predicted molar refractivity (Wildman–Crippen MR) is 69.8 cm³/mol. The number of methoxy groups -OCH3 is 1. The molecule has 1 heterocycles. The summed E-state index contributed by atoms with van der Waals surface area (Å²) in [5.74, 6) is -1.40. The Balaban J connectivity index is 1.74. The van der Waals surface area contributed by atoms with Gasteiger partial charge in [0, 0.05) is 24.7 Å². The molecule has 3 aliphatic rings. The van der Waals surface area contributed by atoms with Crippen molar-refractivity contribution in [2.24, 2.45) is 23.2 Å². The van der Waals surface area contributed by atoms with Crippen molar-refractivity contribution in [3.05, 3.63) is 0 Å². The van der Waals surface area contributed by atoms with Crippen LogP contribution < -0.4 is 0 Å². The van der Waals surface area contributed by atoms with E-state index in [0.29, 0.717) is 32.5 Å². The SMILES string of the molecule is COC(=O)C1C(=O)C[C@@H]2CC3(C[C@H]12)OCC(C)(C)CO3. The Morgan fingerprint density at radius 1 is 1.25 bits per heavy atom. The maximum atomic E-state index is 12.0. The molecule has 1 saturated heterocycles. The van der Waals surface area contributed by atoms with Crippen LogP contribution >= 0.6 is 0 Å². The molecule has 0 N–H and O–H groups in total. The summed E-state index contributed by atoms with van der Waals surface area (Å²) >= 11 is 0. The van der Waals surface area contributed by atoms with E-state index >= 15 is 0 Å². The zero-order valence-corrected chi connectivity index (χ0v) is 12.3. The summed E-state index contributed by atoms with van der Waals surface area (Å²) in [4.78, 5) is 23.8. The molecule has 112 valence electrons. The molecule has 20 heavy (non-hydrogen) atoms. The number of hydrogen-bond acceptors (Lipinski definition) is 5. The van der Waals surface area contributed by atoms with Gasteiger partial charge in [-0.15, -0.1) is 0 Å². The Kier molecular flexibility index (Phi) is 3.18. The van der Waals surface area contributed by atoms with Crippen molar-refractivity contribution >= 4 is 11.8 Å². The molecule has 3 atom stereocenters. The van der Waals surface area contributed by atoms with Crippen molar-refractivity contribution in [3.63, 3.8) is 0 Å². The third-order valence-corrected chi connectivity index (χ3v) is 4.87. The summed E-state index contributed by atoms with van der Waals surface area (Å²) in [7, 11) is 1.34. The minimum atomic E-state index is -0.619. The van der Waals surface area contributed by atoms with Gasteiger partial charge in [0.05, 0.1) is 20.3 Å². The highest BCUT2D eigenvalue weighted by Crippen LogP contribution is 2.53. The van der Waals surface area contributed by atoms with Crippen molar-refractivity contribution < 1.29 is 23.8 Å². The molecule has 5 nitrogen and oxygen atoms in total. The van der Waals surface area contributed by atoms with E-state index in [1.54, 1.807) is 0 Å². The van der Waals surface area contributed by atoms with Gasteiger partial charge >= 0.3 is 5.97 Å². The summed E-state index contributed by atoms with van der Waals surface area (Å²) in [5, 5.41) is 0. The molecule has 1 spiro atoms. The second-order valence-corrected chi connectivity index (χ2v) is 7.16. The Bertz CT molecular complexity index is 424. The summed E-state index contributed by atoms with van der Waals surface area (Å²) in [6, 6.07) is 0. The minimum Gasteiger partial charge on any atom is -0.468 e. The molecular weight excluding hydrogens is 260 g/mol. The van der Waals surface area contributed by atoms with Crippen molar-refractivity contribution in [2.45, 2.75) is 38.9 Å². The predicted octanol–water partition coefficient (Wildman–Crippen LogP) is 1.54. The van der Waals surface area contributed by atoms with E-state index in [-0.39, 0.29) is 23.0 Å². The third-order valence-electron chi connectivity index (χ3n) is 4.87. The molecule has 1 unspecified atom stereocenters. The molecule has 3 rings (SSSR count). The van der Waals surface area contributed by atoms with Crippen LogP contribution in [0.3, 0.4) is 0 Å². The number of esters is 1. The van der Waals surface area contributed by atoms with E-state index in [2.05, 4.69) is 13.8 Å². The maximum absolute atomic E-state index is 12.0. The molecule has 0 radical (unpaired) electrons. The van der Waals surface area contributed by atoms with E-state index in [0.717, 1.165) is 0 Å². The number of Topliss-reactive ketones (excluding diaryl/α,β-unsaturated/α-hetero) is 1. The topological polar surface area (TPSA) is 61.8 Å². The fourth-order valence-electron chi connectivity index (χ4n) is 3.80. The standard InChI is InChI=1S/C15H22O5/c1-14(2)7-19-15(20-8-14)5-9-4-11(16)12(10(9)6-15)13(17)18-3/h9-10,12H,4-8H2,1-3H3/t9-,10+,12?/m1/s1. The first-order valence-corrected chi connectivity index (χ1v) is 7.24. The molecule has 0 aromatic heterocycles. The summed E-state index contributed by atoms with van der Waals surface area (Å²) in [5.41, 5.74) is 0.0283. The van der Waals surface area contributed by atoms with E-state index in [4.69, 9.17) is 14.2 Å². The molecular formula is C15H22O5. The number of hydrogen-bond donors (Lipinski definition) is 0. The average molecular weight is 282 g/mol. The van der Waals surface area contributed by atoms with E-state index in [1.165, 1.54) is 7.11 Å². The van der Waals surface area contributed by atoms with Crippen molar-refractivity contribution in [1.29, 1.82) is 0 Å². The zero-order chi connectivity index (χ0) is 14.5. The van der Waals surface area contributed by atoms with Crippen LogP contribution in [0.1, 0.15) is 33.1 Å². The molecule has 0 aromatic rings. The van der Waals surface area contributed by atoms with E-state index in [1.807, 2.05) is 0 Å². The highest BCUT2D eigenvalue weighted by molar-refractivity contribution is 6.01. The van der Waals surface area contributed by atoms with Crippen molar-refractivity contribution in [2.75, 3.05) is 20.3 Å². The second-order valence-electron chi connectivity index (χ2n) is 7.16. The van der Waals surface area contributed by atoms with Gasteiger partial charge in [-0.1, -0.05) is 13.8 Å². The molecule has 2 saturated carbocycles. The monoisotopic (exact) mass is 282 g/mol. The Hall–Kier alpha value is -0.940. The lowest BCUT2D eigenvalue weighted by molar-refractivity contribution is -0.297. The minimum absolute atomic E-state index is 0.0103. The normalized spacial score (nSPS) is 38.0. The van der Waals surface area contributed by atoms with Gasteiger partial charge in [0.2, 0.25) is 0 Å². The molecule has 2 aliphatic carbocycles. The molecule has 0 bridgehead atoms. The number of fused-ring (bicyclic) bond motifs is 1. The van der Waals surface area contributed by atoms with Crippen LogP contribution in [0.25, 0.3) is 0 Å². The van der Waals surface area contributed by atoms with E-state index in [9.17, 15) is 9.59 Å². The van der Waals surface area contributed by atoms with Gasteiger partial charge in [0.1, 0.15) is 11.7 Å². The molecule has 0 amide bonds. The third kappa shape index (κ3) is 2.17. The van der Waals surface area contributed by atoms with Gasteiger partial charge in [-0.05, 0) is 11.8 Å². The Labute approximate surface area is 118 Å². The van der Waals surface area contributed by atoms with Crippen LogP contribution in [0.2, 0.25) is 0 Å². The molecule has 3 fully saturated rings. The van der Waals surface area contributed by atoms with Gasteiger partial charge < -0.3 is 14.2 Å². The maximum Gasteiger partial charge on any atom is 0.316 e. The number of carbonyl (C=O) groups excluding carboxylic acids is 2. The lowest BCUT2D eigenvalue weighted by atomic mass is 9.91. The quantitative estimate of drug-likeness (QED) is 0.539. The molecule has 5 heteroatoms. The van der Waals surface area contributed by atoms with Gasteiger partial charge in [0.15, 0.2) is 5.79 Å². The van der Waals surface area contributed by atoms with Gasteiger partial charge in [0.25, 0.3) is 0 Å². The largest absolute Gasteiger partial charge is 0.468 e. The summed E-state index contributed by atoms with van der Waals surface area (Å²) in [6.07, 6.45) is 1.79. The van der Waals surface area contributed by atoms with Crippen LogP contribution in [0.5, 0.6) is 0 Å². The first kappa shape index (κ1) is 14.0. The zero-order valence-electron chi connectivity index (χ0n) is 12.3. The van der Waals surface area contributed by atoms with Crippen molar-refractivity contribution in [1.82, 2.24) is 0 Å². The fourth-order valence-corrected chi connectivity index (χ4v) is 3.80. The lowest BCUT2D eigenvalue weighted by Crippen LogP contribution is -2.46. The number of rotatable bonds is 1. The van der Waals surface area contributed by atoms with Crippen molar-refractivity contribution in [3.8, 4) is 0 Å². The number of carbonyl (C=O) groups is 2. The Morgan fingerprint density at radius 3 is 2.50 bits per heavy atom. The highest BCUT2D eigenvalue weighted by Gasteiger charge is 2.59. The lowest BCUT2D eigenvalue weighted by Gasteiger charge is -2.42. The van der Waals surface area contributed by atoms with Gasteiger partial charge in [-0.25, -0.2) is 0 Å². The van der Waals surface area contributed by atoms with Crippen LogP contribution in [-0.2, 0) is 23.8 Å². The Morgan fingerprint density at radius 2 is 1.90 bits per heavy atom. The first-order chi connectivity index (χ1) is 9.36. The smallest absolute Gasteiger partial charge is 0.316 e. The van der Waals surface area contributed by atoms with Crippen LogP contribution in [-0.4, -0.2) is 37.9 Å². The van der Waals surface area contributed by atoms with E-state index < -0.39 is 17.7 Å². The summed E-state index contributed by atoms with van der Waals surface area (Å²) < 4.78 is 16.8.